The number of nitrogens with two attached hydrogens (primary N) is 1. The molecule has 2 heterocycles. The van der Waals surface area contributed by atoms with E-state index in [0.717, 1.165) is 11.0 Å². The topological polar surface area (TPSA) is 84.1 Å². The molecule has 6 heteroatoms. The van der Waals surface area contributed by atoms with E-state index >= 15 is 0 Å². The number of para-hydroxylation sites is 2. The Bertz CT molecular complexity index is 657. The smallest absolute Gasteiger partial charge is 0.242 e. The second kappa shape index (κ2) is 4.96. The highest BCUT2D eigenvalue weighted by Gasteiger charge is 2.30. The van der Waals surface area contributed by atoms with Gasteiger partial charge in [0.05, 0.1) is 11.0 Å². The molecular formula is C14H17N5O. The highest BCUT2D eigenvalue weighted by molar-refractivity contribution is 5.88. The molecule has 1 aliphatic heterocycles. The summed E-state index contributed by atoms with van der Waals surface area (Å²) in [5.41, 5.74) is 7.59. The third-order valence-corrected chi connectivity index (χ3v) is 3.57. The van der Waals surface area contributed by atoms with Crippen LogP contribution in [0.25, 0.3) is 11.0 Å². The average Bonchev–Trinajstić information content (AvgIpc) is 2.46. The molecule has 20 heavy (non-hydrogen) atoms. The van der Waals surface area contributed by atoms with Gasteiger partial charge in [0.1, 0.15) is 6.04 Å². The molecule has 0 spiro atoms. The van der Waals surface area contributed by atoms with Crippen molar-refractivity contribution in [2.24, 2.45) is 0 Å². The van der Waals surface area contributed by atoms with Crippen molar-refractivity contribution >= 4 is 28.6 Å². The van der Waals surface area contributed by atoms with Crippen LogP contribution in [0.1, 0.15) is 13.3 Å². The van der Waals surface area contributed by atoms with Crippen LogP contribution in [0.3, 0.4) is 0 Å². The molecular weight excluding hydrogens is 254 g/mol. The Balaban J connectivity index is 2.08. The number of rotatable bonds is 2. The van der Waals surface area contributed by atoms with E-state index < -0.39 is 0 Å². The normalized spacial score (nSPS) is 19.1. The van der Waals surface area contributed by atoms with Crippen LogP contribution in [0.4, 0.5) is 11.6 Å². The summed E-state index contributed by atoms with van der Waals surface area (Å²) in [6, 6.07) is 7.36. The molecule has 3 N–H and O–H groups in total. The quantitative estimate of drug-likeness (QED) is 0.848. The van der Waals surface area contributed by atoms with Crippen LogP contribution in [-0.2, 0) is 4.79 Å². The van der Waals surface area contributed by atoms with E-state index in [2.05, 4.69) is 15.3 Å². The first-order valence-electron chi connectivity index (χ1n) is 6.77. The van der Waals surface area contributed by atoms with Gasteiger partial charge in [-0.25, -0.2) is 9.97 Å². The third kappa shape index (κ3) is 2.03. The van der Waals surface area contributed by atoms with Gasteiger partial charge in [0.15, 0.2) is 11.6 Å². The maximum atomic E-state index is 11.9. The van der Waals surface area contributed by atoms with Gasteiger partial charge in [-0.05, 0) is 18.6 Å². The first-order valence-corrected chi connectivity index (χ1v) is 6.77. The lowest BCUT2D eigenvalue weighted by Gasteiger charge is -2.35. The number of aromatic nitrogens is 2. The lowest BCUT2D eigenvalue weighted by molar-refractivity contribution is -0.123. The molecule has 104 valence electrons. The van der Waals surface area contributed by atoms with Crippen LogP contribution in [-0.4, -0.2) is 35.0 Å². The van der Waals surface area contributed by atoms with Crippen LogP contribution in [0.5, 0.6) is 0 Å². The fourth-order valence-electron chi connectivity index (χ4n) is 2.59. The second-order valence-corrected chi connectivity index (χ2v) is 4.83. The third-order valence-electron chi connectivity index (χ3n) is 3.57. The van der Waals surface area contributed by atoms with Crippen molar-refractivity contribution in [2.45, 2.75) is 19.4 Å². The number of nitrogen functional groups attached to an aromatic ring is 1. The summed E-state index contributed by atoms with van der Waals surface area (Å²) in [6.45, 7) is 3.28. The largest absolute Gasteiger partial charge is 0.381 e. The molecule has 0 saturated carbocycles. The van der Waals surface area contributed by atoms with Crippen molar-refractivity contribution in [1.82, 2.24) is 15.3 Å². The molecule has 1 saturated heterocycles. The number of hydrogen-bond acceptors (Lipinski definition) is 5. The van der Waals surface area contributed by atoms with Crippen molar-refractivity contribution in [3.63, 3.8) is 0 Å². The number of benzene rings is 1. The van der Waals surface area contributed by atoms with E-state index in [9.17, 15) is 4.79 Å². The Hall–Kier alpha value is -2.37. The Morgan fingerprint density at radius 2 is 2.05 bits per heavy atom. The van der Waals surface area contributed by atoms with E-state index in [-0.39, 0.29) is 11.9 Å². The lowest BCUT2D eigenvalue weighted by atomic mass is 10.1. The Kier molecular flexibility index (Phi) is 3.14. The summed E-state index contributed by atoms with van der Waals surface area (Å²) in [5, 5.41) is 2.87. The highest BCUT2D eigenvalue weighted by Crippen LogP contribution is 2.25. The van der Waals surface area contributed by atoms with Gasteiger partial charge in [0.25, 0.3) is 0 Å². The fourth-order valence-corrected chi connectivity index (χ4v) is 2.59. The van der Waals surface area contributed by atoms with Gasteiger partial charge in [-0.2, -0.15) is 0 Å². The number of carbonyl (C=O) groups excluding carboxylic acids is 1. The molecule has 1 fully saturated rings. The van der Waals surface area contributed by atoms with Gasteiger partial charge in [-0.3, -0.25) is 4.79 Å². The van der Waals surface area contributed by atoms with Crippen molar-refractivity contribution in [1.29, 1.82) is 0 Å². The summed E-state index contributed by atoms with van der Waals surface area (Å²) in [6.07, 6.45) is 0.708. The van der Waals surface area contributed by atoms with Gasteiger partial charge < -0.3 is 16.0 Å². The standard InChI is InChI=1S/C14H17N5O/c1-2-11-14(20)16-7-8-19(11)13-12(15)17-9-5-3-4-6-10(9)18-13/h3-6,11H,2,7-8H2,1H3,(H2,15,17)(H,16,20). The number of piperazine rings is 1. The zero-order chi connectivity index (χ0) is 14.1. The number of nitrogens with zero attached hydrogens (tertiary/aromatic N) is 3. The van der Waals surface area contributed by atoms with Crippen molar-refractivity contribution in [2.75, 3.05) is 23.7 Å². The Morgan fingerprint density at radius 1 is 1.35 bits per heavy atom. The van der Waals surface area contributed by atoms with E-state index in [4.69, 9.17) is 5.73 Å². The first kappa shape index (κ1) is 12.7. The first-order chi connectivity index (χ1) is 9.70. The fraction of sp³-hybridized carbons (Fsp3) is 0.357. The van der Waals surface area contributed by atoms with E-state index in [1.54, 1.807) is 0 Å². The maximum absolute atomic E-state index is 11.9. The zero-order valence-electron chi connectivity index (χ0n) is 11.3. The summed E-state index contributed by atoms with van der Waals surface area (Å²) < 4.78 is 0. The minimum absolute atomic E-state index is 0.0214. The summed E-state index contributed by atoms with van der Waals surface area (Å²) in [4.78, 5) is 22.9. The minimum Gasteiger partial charge on any atom is -0.381 e. The summed E-state index contributed by atoms with van der Waals surface area (Å²) >= 11 is 0. The molecule has 0 radical (unpaired) electrons. The highest BCUT2D eigenvalue weighted by atomic mass is 16.2. The predicted molar refractivity (Wildman–Crippen MR) is 78.4 cm³/mol. The number of hydrogen-bond donors (Lipinski definition) is 2. The molecule has 1 unspecified atom stereocenters. The van der Waals surface area contributed by atoms with E-state index in [0.29, 0.717) is 31.1 Å². The molecule has 0 bridgehead atoms. The predicted octanol–water partition coefficient (Wildman–Crippen LogP) is 0.927. The van der Waals surface area contributed by atoms with Crippen molar-refractivity contribution < 1.29 is 4.79 Å². The van der Waals surface area contributed by atoms with Crippen LogP contribution in [0.15, 0.2) is 24.3 Å². The molecule has 1 aliphatic rings. The van der Waals surface area contributed by atoms with Crippen LogP contribution >= 0.6 is 0 Å². The number of nitrogens with one attached hydrogen (secondary N) is 1. The molecule has 6 nitrogen and oxygen atoms in total. The molecule has 3 rings (SSSR count). The summed E-state index contributed by atoms with van der Waals surface area (Å²) in [7, 11) is 0. The van der Waals surface area contributed by atoms with Gasteiger partial charge >= 0.3 is 0 Å². The SMILES string of the molecule is CCC1C(=O)NCCN1c1nc2ccccc2nc1N. The van der Waals surface area contributed by atoms with Gasteiger partial charge in [0, 0.05) is 13.1 Å². The second-order valence-electron chi connectivity index (χ2n) is 4.83. The Labute approximate surface area is 117 Å². The minimum atomic E-state index is -0.235. The van der Waals surface area contributed by atoms with Crippen molar-refractivity contribution in [3.8, 4) is 0 Å². The summed E-state index contributed by atoms with van der Waals surface area (Å²) in [5.74, 6) is 0.996. The van der Waals surface area contributed by atoms with Gasteiger partial charge in [0.2, 0.25) is 5.91 Å². The molecule has 2 aromatic rings. The van der Waals surface area contributed by atoms with Crippen LogP contribution in [0.2, 0.25) is 0 Å². The number of fused-ring (bicyclic) bond motifs is 1. The zero-order valence-corrected chi connectivity index (χ0v) is 11.3. The monoisotopic (exact) mass is 271 g/mol. The van der Waals surface area contributed by atoms with Gasteiger partial charge in [-0.1, -0.05) is 19.1 Å². The van der Waals surface area contributed by atoms with E-state index in [1.165, 1.54) is 0 Å². The number of anilines is 2. The molecule has 1 atom stereocenters. The maximum Gasteiger partial charge on any atom is 0.242 e. The molecule has 1 aromatic carbocycles. The van der Waals surface area contributed by atoms with Crippen LogP contribution < -0.4 is 16.0 Å². The van der Waals surface area contributed by atoms with E-state index in [1.807, 2.05) is 36.1 Å². The average molecular weight is 271 g/mol. The van der Waals surface area contributed by atoms with Crippen molar-refractivity contribution in [3.05, 3.63) is 24.3 Å². The number of amides is 1. The van der Waals surface area contributed by atoms with Gasteiger partial charge in [-0.15, -0.1) is 0 Å². The molecule has 0 aliphatic carbocycles. The molecule has 1 aromatic heterocycles. The lowest BCUT2D eigenvalue weighted by Crippen LogP contribution is -2.55. The molecule has 1 amide bonds. The van der Waals surface area contributed by atoms with Crippen LogP contribution in [0, 0.1) is 0 Å². The number of carbonyl (C=O) groups is 1. The Morgan fingerprint density at radius 3 is 2.75 bits per heavy atom.